The molecule has 2 aromatic heterocycles. The summed E-state index contributed by atoms with van der Waals surface area (Å²) in [5.74, 6) is 0. The Morgan fingerprint density at radius 1 is 1.22 bits per heavy atom. The molecule has 0 saturated carbocycles. The molecule has 0 amide bonds. The van der Waals surface area contributed by atoms with E-state index < -0.39 is 4.92 Å². The summed E-state index contributed by atoms with van der Waals surface area (Å²) in [7, 11) is 0. The number of rotatable bonds is 2. The van der Waals surface area contributed by atoms with Gasteiger partial charge >= 0.3 is 0 Å². The predicted octanol–water partition coefficient (Wildman–Crippen LogP) is 2.80. The van der Waals surface area contributed by atoms with Gasteiger partial charge in [-0.3, -0.25) is 15.1 Å². The summed E-state index contributed by atoms with van der Waals surface area (Å²) < 4.78 is 4.97. The number of nitro groups is 1. The molecular formula is C12H7N3O3. The topological polar surface area (TPSA) is 82.1 Å². The molecule has 0 spiro atoms. The number of nitrogens with zero attached hydrogens (tertiary/aromatic N) is 3. The highest BCUT2D eigenvalue weighted by atomic mass is 16.6. The molecule has 2 heterocycles. The number of hydrogen-bond acceptors (Lipinski definition) is 5. The van der Waals surface area contributed by atoms with Crippen molar-refractivity contribution in [3.05, 3.63) is 53.1 Å². The molecule has 0 aliphatic heterocycles. The second-order valence-corrected chi connectivity index (χ2v) is 3.70. The number of fused-ring (bicyclic) bond motifs is 1. The normalized spacial score (nSPS) is 10.7. The van der Waals surface area contributed by atoms with Gasteiger partial charge in [0.2, 0.25) is 0 Å². The smallest absolute Gasteiger partial charge is 0.271 e. The van der Waals surface area contributed by atoms with Crippen molar-refractivity contribution >= 4 is 16.7 Å². The van der Waals surface area contributed by atoms with Crippen LogP contribution in [0.15, 0.2) is 47.4 Å². The lowest BCUT2D eigenvalue weighted by Crippen LogP contribution is -1.91. The van der Waals surface area contributed by atoms with Crippen LogP contribution in [0.4, 0.5) is 5.69 Å². The van der Waals surface area contributed by atoms with Crippen LogP contribution < -0.4 is 0 Å². The van der Waals surface area contributed by atoms with Gasteiger partial charge in [0.15, 0.2) is 0 Å². The Morgan fingerprint density at radius 2 is 2.11 bits per heavy atom. The molecule has 0 atom stereocenters. The van der Waals surface area contributed by atoms with Crippen molar-refractivity contribution in [1.29, 1.82) is 0 Å². The largest absolute Gasteiger partial charge is 0.472 e. The quantitative estimate of drug-likeness (QED) is 0.509. The Bertz CT molecular complexity index is 723. The first-order chi connectivity index (χ1) is 8.74. The third-order valence-corrected chi connectivity index (χ3v) is 2.55. The maximum Gasteiger partial charge on any atom is 0.271 e. The van der Waals surface area contributed by atoms with E-state index in [0.29, 0.717) is 16.7 Å². The molecule has 6 heteroatoms. The van der Waals surface area contributed by atoms with E-state index in [1.165, 1.54) is 12.1 Å². The van der Waals surface area contributed by atoms with Crippen LogP contribution >= 0.6 is 0 Å². The van der Waals surface area contributed by atoms with E-state index in [9.17, 15) is 10.1 Å². The van der Waals surface area contributed by atoms with Gasteiger partial charge in [-0.1, -0.05) is 0 Å². The Kier molecular flexibility index (Phi) is 2.26. The monoisotopic (exact) mass is 241 g/mol. The summed E-state index contributed by atoms with van der Waals surface area (Å²) in [5.41, 5.74) is 2.61. The zero-order chi connectivity index (χ0) is 12.5. The number of hydrogen-bond donors (Lipinski definition) is 0. The predicted molar refractivity (Wildman–Crippen MR) is 63.9 cm³/mol. The van der Waals surface area contributed by atoms with Crippen molar-refractivity contribution in [1.82, 2.24) is 9.97 Å². The highest BCUT2D eigenvalue weighted by Crippen LogP contribution is 2.22. The third-order valence-electron chi connectivity index (χ3n) is 2.55. The van der Waals surface area contributed by atoms with E-state index in [2.05, 4.69) is 9.97 Å². The molecule has 0 radical (unpaired) electrons. The van der Waals surface area contributed by atoms with Crippen molar-refractivity contribution in [3.8, 4) is 11.3 Å². The third kappa shape index (κ3) is 1.69. The Hall–Kier alpha value is -2.76. The molecule has 88 valence electrons. The van der Waals surface area contributed by atoms with Crippen LogP contribution in [-0.2, 0) is 0 Å². The van der Waals surface area contributed by atoms with Gasteiger partial charge in [-0.15, -0.1) is 0 Å². The fourth-order valence-electron chi connectivity index (χ4n) is 1.66. The molecule has 0 fully saturated rings. The summed E-state index contributed by atoms with van der Waals surface area (Å²) >= 11 is 0. The molecule has 3 rings (SSSR count). The first-order valence-electron chi connectivity index (χ1n) is 5.18. The van der Waals surface area contributed by atoms with Crippen molar-refractivity contribution < 1.29 is 9.34 Å². The van der Waals surface area contributed by atoms with E-state index >= 15 is 0 Å². The second-order valence-electron chi connectivity index (χ2n) is 3.70. The molecule has 1 aromatic carbocycles. The molecule has 3 aromatic rings. The van der Waals surface area contributed by atoms with E-state index in [1.54, 1.807) is 30.9 Å². The molecule has 0 aliphatic rings. The van der Waals surface area contributed by atoms with Crippen LogP contribution in [0, 0.1) is 10.1 Å². The first-order valence-corrected chi connectivity index (χ1v) is 5.18. The van der Waals surface area contributed by atoms with Crippen LogP contribution in [0.3, 0.4) is 0 Å². The first kappa shape index (κ1) is 10.4. The molecule has 0 unspecified atom stereocenters. The van der Waals surface area contributed by atoms with Crippen molar-refractivity contribution in [2.45, 2.75) is 0 Å². The average molecular weight is 241 g/mol. The van der Waals surface area contributed by atoms with Crippen LogP contribution in [0.5, 0.6) is 0 Å². The molecule has 6 nitrogen and oxygen atoms in total. The number of aromatic nitrogens is 2. The van der Waals surface area contributed by atoms with Gasteiger partial charge in [0, 0.05) is 17.7 Å². The highest BCUT2D eigenvalue weighted by molar-refractivity contribution is 5.79. The van der Waals surface area contributed by atoms with Crippen LogP contribution in [-0.4, -0.2) is 14.9 Å². The van der Waals surface area contributed by atoms with Gasteiger partial charge in [0.25, 0.3) is 5.69 Å². The minimum Gasteiger partial charge on any atom is -0.472 e. The van der Waals surface area contributed by atoms with Gasteiger partial charge in [-0.25, -0.2) is 4.98 Å². The van der Waals surface area contributed by atoms with Crippen molar-refractivity contribution in [2.75, 3.05) is 0 Å². The lowest BCUT2D eigenvalue weighted by Gasteiger charge is -1.99. The van der Waals surface area contributed by atoms with Gasteiger partial charge in [-0.05, 0) is 12.1 Å². The average Bonchev–Trinajstić information content (AvgIpc) is 2.91. The van der Waals surface area contributed by atoms with Gasteiger partial charge in [0.05, 0.1) is 40.4 Å². The molecular weight excluding hydrogens is 234 g/mol. The van der Waals surface area contributed by atoms with Crippen molar-refractivity contribution in [2.24, 2.45) is 0 Å². The summed E-state index contributed by atoms with van der Waals surface area (Å²) in [5, 5.41) is 10.6. The second kappa shape index (κ2) is 3.92. The lowest BCUT2D eigenvalue weighted by atomic mass is 10.2. The summed E-state index contributed by atoms with van der Waals surface area (Å²) in [6.45, 7) is 0. The number of non-ortho nitro benzene ring substituents is 1. The molecule has 0 aliphatic carbocycles. The van der Waals surface area contributed by atoms with Crippen LogP contribution in [0.25, 0.3) is 22.3 Å². The molecule has 0 N–H and O–H groups in total. The Balaban J connectivity index is 2.14. The van der Waals surface area contributed by atoms with E-state index in [-0.39, 0.29) is 5.69 Å². The van der Waals surface area contributed by atoms with Crippen molar-refractivity contribution in [3.63, 3.8) is 0 Å². The van der Waals surface area contributed by atoms with E-state index in [0.717, 1.165) is 5.56 Å². The highest BCUT2D eigenvalue weighted by Gasteiger charge is 2.09. The molecule has 0 saturated heterocycles. The maximum absolute atomic E-state index is 10.6. The molecule has 0 bridgehead atoms. The van der Waals surface area contributed by atoms with E-state index in [4.69, 9.17) is 4.42 Å². The minimum atomic E-state index is -0.453. The minimum absolute atomic E-state index is 0.00728. The summed E-state index contributed by atoms with van der Waals surface area (Å²) in [6, 6.07) is 6.18. The Labute approximate surface area is 101 Å². The van der Waals surface area contributed by atoms with Crippen LogP contribution in [0.2, 0.25) is 0 Å². The zero-order valence-corrected chi connectivity index (χ0v) is 9.11. The van der Waals surface area contributed by atoms with Gasteiger partial charge < -0.3 is 4.42 Å². The van der Waals surface area contributed by atoms with E-state index in [1.807, 2.05) is 0 Å². The van der Waals surface area contributed by atoms with Gasteiger partial charge in [-0.2, -0.15) is 0 Å². The zero-order valence-electron chi connectivity index (χ0n) is 9.11. The SMILES string of the molecule is O=[N+]([O-])c1ccc2nc(-c3ccoc3)cnc2c1. The standard InChI is InChI=1S/C12H7N3O3/c16-15(17)9-1-2-10-11(5-9)13-6-12(14-10)8-3-4-18-7-8/h1-7H. The number of benzene rings is 1. The maximum atomic E-state index is 10.6. The summed E-state index contributed by atoms with van der Waals surface area (Å²) in [4.78, 5) is 18.7. The number of furan rings is 1. The van der Waals surface area contributed by atoms with Gasteiger partial charge in [0.1, 0.15) is 0 Å². The fourth-order valence-corrected chi connectivity index (χ4v) is 1.66. The Morgan fingerprint density at radius 3 is 2.83 bits per heavy atom. The summed E-state index contributed by atoms with van der Waals surface area (Å²) in [6.07, 6.45) is 4.69. The van der Waals surface area contributed by atoms with Crippen LogP contribution in [0.1, 0.15) is 0 Å². The number of nitro benzene ring substituents is 1. The lowest BCUT2D eigenvalue weighted by molar-refractivity contribution is -0.384. The fraction of sp³-hybridized carbons (Fsp3) is 0. The molecule has 18 heavy (non-hydrogen) atoms.